The van der Waals surface area contributed by atoms with E-state index in [-0.39, 0.29) is 0 Å². The Kier molecular flexibility index (Phi) is 1.32. The van der Waals surface area contributed by atoms with Gasteiger partial charge in [-0.25, -0.2) is 0 Å². The summed E-state index contributed by atoms with van der Waals surface area (Å²) in [5.41, 5.74) is 1.33. The number of hydrogen-bond acceptors (Lipinski definition) is 3. The monoisotopic (exact) mass is 177 g/mol. The van der Waals surface area contributed by atoms with Crippen LogP contribution in [0, 0.1) is 0 Å². The maximum absolute atomic E-state index is 5.31. The Labute approximate surface area is 76.9 Å². The summed E-state index contributed by atoms with van der Waals surface area (Å²) in [7, 11) is 2.12. The summed E-state index contributed by atoms with van der Waals surface area (Å²) in [6.07, 6.45) is 0. The molecule has 2 aliphatic rings. The van der Waals surface area contributed by atoms with Crippen molar-refractivity contribution in [1.82, 2.24) is 4.90 Å². The Morgan fingerprint density at radius 3 is 2.85 bits per heavy atom. The number of rotatable bonds is 1. The molecule has 1 aromatic carbocycles. The van der Waals surface area contributed by atoms with Crippen LogP contribution in [0.4, 0.5) is 0 Å². The van der Waals surface area contributed by atoms with Crippen molar-refractivity contribution in [1.29, 1.82) is 0 Å². The first kappa shape index (κ1) is 7.21. The van der Waals surface area contributed by atoms with Crippen molar-refractivity contribution in [2.24, 2.45) is 0 Å². The van der Waals surface area contributed by atoms with E-state index in [1.165, 1.54) is 5.56 Å². The molecule has 0 spiro atoms. The largest absolute Gasteiger partial charge is 0.454 e. The molecule has 2 atom stereocenters. The fourth-order valence-corrected chi connectivity index (χ4v) is 1.71. The average Bonchev–Trinajstić information content (AvgIpc) is 2.70. The quantitative estimate of drug-likeness (QED) is 0.605. The topological polar surface area (TPSA) is 21.5 Å². The molecule has 0 radical (unpaired) electrons. The van der Waals surface area contributed by atoms with Crippen LogP contribution in [0.5, 0.6) is 11.5 Å². The number of ether oxygens (including phenoxy) is 2. The van der Waals surface area contributed by atoms with Gasteiger partial charge in [0.05, 0.1) is 0 Å². The van der Waals surface area contributed by atoms with Gasteiger partial charge in [-0.05, 0) is 24.7 Å². The maximum Gasteiger partial charge on any atom is 0.231 e. The Morgan fingerprint density at radius 1 is 1.31 bits per heavy atom. The standard InChI is InChI=1S/C10H11NO2/c1-11-5-8(11)7-2-3-9-10(4-7)13-6-12-9/h2-4,8H,5-6H2,1H3. The van der Waals surface area contributed by atoms with E-state index in [0.29, 0.717) is 12.8 Å². The molecule has 1 saturated heterocycles. The lowest BCUT2D eigenvalue weighted by molar-refractivity contribution is 0.174. The van der Waals surface area contributed by atoms with Gasteiger partial charge in [0.1, 0.15) is 0 Å². The Hall–Kier alpha value is -1.22. The van der Waals surface area contributed by atoms with E-state index in [0.717, 1.165) is 18.0 Å². The fraction of sp³-hybridized carbons (Fsp3) is 0.400. The van der Waals surface area contributed by atoms with Crippen LogP contribution >= 0.6 is 0 Å². The zero-order valence-corrected chi connectivity index (χ0v) is 7.49. The third kappa shape index (κ3) is 1.08. The molecule has 13 heavy (non-hydrogen) atoms. The van der Waals surface area contributed by atoms with Gasteiger partial charge in [0.25, 0.3) is 0 Å². The maximum atomic E-state index is 5.31. The second-order valence-corrected chi connectivity index (χ2v) is 3.57. The summed E-state index contributed by atoms with van der Waals surface area (Å²) >= 11 is 0. The number of fused-ring (bicyclic) bond motifs is 1. The van der Waals surface area contributed by atoms with E-state index in [1.807, 2.05) is 6.07 Å². The number of hydrogen-bond donors (Lipinski definition) is 0. The van der Waals surface area contributed by atoms with E-state index < -0.39 is 0 Å². The minimum Gasteiger partial charge on any atom is -0.454 e. The van der Waals surface area contributed by atoms with Crippen LogP contribution in [-0.2, 0) is 0 Å². The van der Waals surface area contributed by atoms with Crippen LogP contribution in [-0.4, -0.2) is 25.3 Å². The third-order valence-corrected chi connectivity index (χ3v) is 2.64. The lowest BCUT2D eigenvalue weighted by atomic mass is 10.1. The van der Waals surface area contributed by atoms with E-state index in [2.05, 4.69) is 24.1 Å². The van der Waals surface area contributed by atoms with Crippen molar-refractivity contribution in [3.8, 4) is 11.5 Å². The second-order valence-electron chi connectivity index (χ2n) is 3.57. The molecule has 68 valence electrons. The molecule has 0 bridgehead atoms. The molecule has 1 fully saturated rings. The van der Waals surface area contributed by atoms with Crippen LogP contribution in [0.3, 0.4) is 0 Å². The summed E-state index contributed by atoms with van der Waals surface area (Å²) in [5.74, 6) is 1.75. The third-order valence-electron chi connectivity index (χ3n) is 2.64. The van der Waals surface area contributed by atoms with Crippen LogP contribution in [0.1, 0.15) is 11.6 Å². The van der Waals surface area contributed by atoms with Gasteiger partial charge in [0, 0.05) is 12.6 Å². The highest BCUT2D eigenvalue weighted by Crippen LogP contribution is 2.39. The highest BCUT2D eigenvalue weighted by molar-refractivity contribution is 5.46. The SMILES string of the molecule is CN1CC1c1ccc2c(c1)OCO2. The minimum absolute atomic E-state index is 0.360. The average molecular weight is 177 g/mol. The van der Waals surface area contributed by atoms with Crippen molar-refractivity contribution in [2.75, 3.05) is 20.4 Å². The minimum atomic E-state index is 0.360. The first-order chi connectivity index (χ1) is 6.34. The van der Waals surface area contributed by atoms with Gasteiger partial charge in [-0.1, -0.05) is 6.07 Å². The molecular formula is C10H11NO2. The van der Waals surface area contributed by atoms with Gasteiger partial charge in [-0.2, -0.15) is 0 Å². The van der Waals surface area contributed by atoms with Crippen molar-refractivity contribution in [3.63, 3.8) is 0 Å². The summed E-state index contributed by atoms with van der Waals surface area (Å²) < 4.78 is 10.6. The lowest BCUT2D eigenvalue weighted by Crippen LogP contribution is -1.93. The van der Waals surface area contributed by atoms with E-state index in [9.17, 15) is 0 Å². The van der Waals surface area contributed by atoms with E-state index >= 15 is 0 Å². The van der Waals surface area contributed by atoms with E-state index in [1.54, 1.807) is 0 Å². The Bertz CT molecular complexity index is 351. The molecule has 0 aliphatic carbocycles. The molecule has 1 aromatic rings. The highest BCUT2D eigenvalue weighted by Gasteiger charge is 2.32. The Balaban J connectivity index is 1.96. The van der Waals surface area contributed by atoms with Crippen molar-refractivity contribution in [2.45, 2.75) is 6.04 Å². The van der Waals surface area contributed by atoms with Crippen molar-refractivity contribution in [3.05, 3.63) is 23.8 Å². The molecule has 0 amide bonds. The zero-order valence-electron chi connectivity index (χ0n) is 7.49. The highest BCUT2D eigenvalue weighted by atomic mass is 16.7. The molecule has 2 aliphatic heterocycles. The first-order valence-electron chi connectivity index (χ1n) is 4.44. The fourth-order valence-electron chi connectivity index (χ4n) is 1.71. The summed E-state index contributed by atoms with van der Waals surface area (Å²) in [4.78, 5) is 2.29. The van der Waals surface area contributed by atoms with E-state index in [4.69, 9.17) is 9.47 Å². The lowest BCUT2D eigenvalue weighted by Gasteiger charge is -2.00. The molecule has 2 unspecified atom stereocenters. The molecule has 2 heterocycles. The predicted octanol–water partition coefficient (Wildman–Crippen LogP) is 1.40. The smallest absolute Gasteiger partial charge is 0.231 e. The van der Waals surface area contributed by atoms with Crippen molar-refractivity contribution < 1.29 is 9.47 Å². The van der Waals surface area contributed by atoms with Crippen molar-refractivity contribution >= 4 is 0 Å². The van der Waals surface area contributed by atoms with Gasteiger partial charge in [-0.3, -0.25) is 4.90 Å². The molecule has 3 heteroatoms. The zero-order chi connectivity index (χ0) is 8.84. The summed E-state index contributed by atoms with van der Waals surface area (Å²) in [5, 5.41) is 0. The van der Waals surface area contributed by atoms with Gasteiger partial charge in [0.15, 0.2) is 11.5 Å². The molecule has 3 nitrogen and oxygen atoms in total. The molecule has 0 N–H and O–H groups in total. The van der Waals surface area contributed by atoms with Crippen LogP contribution in [0.25, 0.3) is 0 Å². The molecule has 0 aromatic heterocycles. The van der Waals surface area contributed by atoms with Crippen LogP contribution in [0.2, 0.25) is 0 Å². The molecule has 0 saturated carbocycles. The van der Waals surface area contributed by atoms with Gasteiger partial charge < -0.3 is 9.47 Å². The van der Waals surface area contributed by atoms with Crippen LogP contribution in [0.15, 0.2) is 18.2 Å². The summed E-state index contributed by atoms with van der Waals surface area (Å²) in [6.45, 7) is 1.51. The number of likely N-dealkylation sites (N-methyl/N-ethyl adjacent to an activating group) is 1. The number of benzene rings is 1. The summed E-state index contributed by atoms with van der Waals surface area (Å²) in [6, 6.07) is 6.77. The number of nitrogens with zero attached hydrogens (tertiary/aromatic N) is 1. The van der Waals surface area contributed by atoms with Gasteiger partial charge in [0.2, 0.25) is 6.79 Å². The van der Waals surface area contributed by atoms with Crippen LogP contribution < -0.4 is 9.47 Å². The first-order valence-corrected chi connectivity index (χ1v) is 4.44. The molecular weight excluding hydrogens is 166 g/mol. The second kappa shape index (κ2) is 2.39. The normalized spacial score (nSPS) is 29.0. The van der Waals surface area contributed by atoms with Gasteiger partial charge >= 0.3 is 0 Å². The molecule has 3 rings (SSSR count). The Morgan fingerprint density at radius 2 is 2.08 bits per heavy atom. The van der Waals surface area contributed by atoms with Gasteiger partial charge in [-0.15, -0.1) is 0 Å². The predicted molar refractivity (Wildman–Crippen MR) is 47.9 cm³/mol.